The Morgan fingerprint density at radius 1 is 1.11 bits per heavy atom. The Morgan fingerprint density at radius 2 is 1.79 bits per heavy atom. The van der Waals surface area contributed by atoms with Crippen LogP contribution in [0.25, 0.3) is 0 Å². The number of nitrogens with zero attached hydrogens (tertiary/aromatic N) is 2. The number of anilines is 1. The van der Waals surface area contributed by atoms with Gasteiger partial charge >= 0.3 is 0 Å². The number of hydrogen-bond donors (Lipinski definition) is 1. The molecule has 0 unspecified atom stereocenters. The van der Waals surface area contributed by atoms with Crippen molar-refractivity contribution in [2.24, 2.45) is 0 Å². The number of carbonyl (C=O) groups excluding carboxylic acids is 1. The first kappa shape index (κ1) is 20.7. The zero-order valence-electron chi connectivity index (χ0n) is 14.6. The first-order valence-corrected chi connectivity index (χ1v) is 10.6. The van der Waals surface area contributed by atoms with Crippen molar-refractivity contribution in [3.63, 3.8) is 0 Å². The summed E-state index contributed by atoms with van der Waals surface area (Å²) in [6.07, 6.45) is 0. The van der Waals surface area contributed by atoms with Gasteiger partial charge in [0.1, 0.15) is 11.5 Å². The Hall–Kier alpha value is -2.00. The number of halogens is 2. The summed E-state index contributed by atoms with van der Waals surface area (Å²) < 4.78 is 11.2. The molecule has 0 aliphatic heterocycles. The molecule has 0 atom stereocenters. The van der Waals surface area contributed by atoms with Crippen molar-refractivity contribution in [1.82, 2.24) is 10.2 Å². The Labute approximate surface area is 180 Å². The molecular formula is C18H15Cl2N3O3S2. The van der Waals surface area contributed by atoms with Crippen LogP contribution in [0, 0.1) is 0 Å². The molecule has 1 heterocycles. The minimum Gasteiger partial charge on any atom is -0.497 e. The monoisotopic (exact) mass is 455 g/mol. The second-order valence-corrected chi connectivity index (χ2v) is 8.39. The fourth-order valence-corrected chi connectivity index (χ4v) is 4.61. The summed E-state index contributed by atoms with van der Waals surface area (Å²) in [5, 5.41) is 12.3. The maximum atomic E-state index is 12.0. The Morgan fingerprint density at radius 3 is 2.46 bits per heavy atom. The highest BCUT2D eigenvalue weighted by molar-refractivity contribution is 8.00. The van der Waals surface area contributed by atoms with E-state index in [1.165, 1.54) is 23.1 Å². The lowest BCUT2D eigenvalue weighted by molar-refractivity contribution is -0.118. The topological polar surface area (TPSA) is 73.3 Å². The summed E-state index contributed by atoms with van der Waals surface area (Å²) in [6.45, 7) is -0.135. The molecule has 10 heteroatoms. The number of amides is 1. The van der Waals surface area contributed by atoms with E-state index in [0.29, 0.717) is 36.8 Å². The number of thioether (sulfide) groups is 1. The van der Waals surface area contributed by atoms with Crippen LogP contribution in [0.1, 0.15) is 5.56 Å². The van der Waals surface area contributed by atoms with Crippen molar-refractivity contribution in [3.05, 3.63) is 58.1 Å². The van der Waals surface area contributed by atoms with E-state index >= 15 is 0 Å². The van der Waals surface area contributed by atoms with E-state index in [1.54, 1.807) is 49.6 Å². The lowest BCUT2D eigenvalue weighted by Crippen LogP contribution is -2.20. The summed E-state index contributed by atoms with van der Waals surface area (Å²) in [7, 11) is 1.58. The lowest BCUT2D eigenvalue weighted by Gasteiger charge is -2.06. The molecule has 0 fully saturated rings. The molecular weight excluding hydrogens is 441 g/mol. The highest BCUT2D eigenvalue weighted by Crippen LogP contribution is 2.33. The third kappa shape index (κ3) is 5.75. The van der Waals surface area contributed by atoms with E-state index in [9.17, 15) is 4.79 Å². The number of carbonyl (C=O) groups is 1. The third-order valence-corrected chi connectivity index (χ3v) is 6.19. The van der Waals surface area contributed by atoms with E-state index in [1.807, 2.05) is 0 Å². The van der Waals surface area contributed by atoms with Crippen molar-refractivity contribution in [2.75, 3.05) is 19.0 Å². The molecule has 1 N–H and O–H groups in total. The van der Waals surface area contributed by atoms with Gasteiger partial charge in [-0.05, 0) is 42.0 Å². The molecule has 0 saturated heterocycles. The van der Waals surface area contributed by atoms with Gasteiger partial charge in [0.05, 0.1) is 7.11 Å². The molecule has 0 aliphatic carbocycles. The van der Waals surface area contributed by atoms with Crippen LogP contribution in [-0.4, -0.2) is 29.8 Å². The second-order valence-electron chi connectivity index (χ2n) is 5.37. The molecule has 1 amide bonds. The predicted molar refractivity (Wildman–Crippen MR) is 113 cm³/mol. The highest BCUT2D eigenvalue weighted by atomic mass is 35.5. The molecule has 6 nitrogen and oxygen atoms in total. The number of ether oxygens (including phenoxy) is 2. The maximum Gasteiger partial charge on any atom is 0.264 e. The summed E-state index contributed by atoms with van der Waals surface area (Å²) in [5.41, 5.74) is 0.838. The smallest absolute Gasteiger partial charge is 0.264 e. The standard InChI is InChI=1S/C18H15Cl2N3O3S2/c1-25-11-5-7-12(8-6-11)26-9-16(24)21-17-22-23-18(28-17)27-10-13-14(19)3-2-4-15(13)20/h2-8H,9-10H2,1H3,(H,21,22,24). The van der Waals surface area contributed by atoms with Gasteiger partial charge in [-0.1, -0.05) is 52.4 Å². The van der Waals surface area contributed by atoms with E-state index in [-0.39, 0.29) is 12.5 Å². The fourth-order valence-electron chi connectivity index (χ4n) is 2.10. The first-order chi connectivity index (χ1) is 13.5. The Kier molecular flexibility index (Phi) is 7.38. The average Bonchev–Trinajstić information content (AvgIpc) is 3.13. The van der Waals surface area contributed by atoms with E-state index in [2.05, 4.69) is 15.5 Å². The minimum absolute atomic E-state index is 0.135. The van der Waals surface area contributed by atoms with Gasteiger partial charge in [0.25, 0.3) is 5.91 Å². The molecule has 146 valence electrons. The number of methoxy groups -OCH3 is 1. The molecule has 0 saturated carbocycles. The summed E-state index contributed by atoms with van der Waals surface area (Å²) in [5.74, 6) is 1.52. The average molecular weight is 456 g/mol. The molecule has 3 rings (SSSR count). The van der Waals surface area contributed by atoms with Crippen LogP contribution in [0.3, 0.4) is 0 Å². The van der Waals surface area contributed by atoms with E-state index < -0.39 is 0 Å². The SMILES string of the molecule is COc1ccc(OCC(=O)Nc2nnc(SCc3c(Cl)cccc3Cl)s2)cc1. The van der Waals surface area contributed by atoms with Crippen LogP contribution in [0.2, 0.25) is 10.0 Å². The van der Waals surface area contributed by atoms with Gasteiger partial charge in [-0.3, -0.25) is 10.1 Å². The largest absolute Gasteiger partial charge is 0.497 e. The fraction of sp³-hybridized carbons (Fsp3) is 0.167. The molecule has 0 radical (unpaired) electrons. The van der Waals surface area contributed by atoms with Crippen molar-refractivity contribution in [1.29, 1.82) is 0 Å². The molecule has 0 aliphatic rings. The molecule has 3 aromatic rings. The van der Waals surface area contributed by atoms with Gasteiger partial charge < -0.3 is 9.47 Å². The van der Waals surface area contributed by atoms with Crippen LogP contribution < -0.4 is 14.8 Å². The van der Waals surface area contributed by atoms with Crippen molar-refractivity contribution in [2.45, 2.75) is 10.1 Å². The number of rotatable bonds is 8. The van der Waals surface area contributed by atoms with Crippen molar-refractivity contribution < 1.29 is 14.3 Å². The Bertz CT molecular complexity index is 931. The quantitative estimate of drug-likeness (QED) is 0.373. The van der Waals surface area contributed by atoms with Gasteiger partial charge in [0.15, 0.2) is 10.9 Å². The zero-order valence-corrected chi connectivity index (χ0v) is 17.8. The highest BCUT2D eigenvalue weighted by Gasteiger charge is 2.12. The third-order valence-electron chi connectivity index (χ3n) is 3.48. The van der Waals surface area contributed by atoms with Crippen LogP contribution in [0.15, 0.2) is 46.8 Å². The van der Waals surface area contributed by atoms with Gasteiger partial charge in [0.2, 0.25) is 5.13 Å². The van der Waals surface area contributed by atoms with E-state index in [0.717, 1.165) is 5.56 Å². The molecule has 1 aromatic heterocycles. The summed E-state index contributed by atoms with van der Waals surface area (Å²) >= 11 is 15.0. The molecule has 0 bridgehead atoms. The normalized spacial score (nSPS) is 10.5. The summed E-state index contributed by atoms with van der Waals surface area (Å²) in [6, 6.07) is 12.3. The first-order valence-electron chi connectivity index (χ1n) is 8.01. The molecule has 28 heavy (non-hydrogen) atoms. The molecule has 2 aromatic carbocycles. The van der Waals surface area contributed by atoms with Crippen molar-refractivity contribution >= 4 is 57.3 Å². The lowest BCUT2D eigenvalue weighted by atomic mass is 10.2. The van der Waals surface area contributed by atoms with Crippen LogP contribution in [0.4, 0.5) is 5.13 Å². The van der Waals surface area contributed by atoms with Crippen molar-refractivity contribution in [3.8, 4) is 11.5 Å². The maximum absolute atomic E-state index is 12.0. The number of nitrogens with one attached hydrogen (secondary N) is 1. The summed E-state index contributed by atoms with van der Waals surface area (Å²) in [4.78, 5) is 12.0. The number of benzene rings is 2. The van der Waals surface area contributed by atoms with E-state index in [4.69, 9.17) is 32.7 Å². The molecule has 0 spiro atoms. The van der Waals surface area contributed by atoms with Crippen LogP contribution >= 0.6 is 46.3 Å². The minimum atomic E-state index is -0.322. The predicted octanol–water partition coefficient (Wildman–Crippen LogP) is 5.16. The van der Waals surface area contributed by atoms with Gasteiger partial charge in [-0.25, -0.2) is 0 Å². The van der Waals surface area contributed by atoms with Gasteiger partial charge in [-0.15, -0.1) is 10.2 Å². The second kappa shape index (κ2) is 9.97. The number of hydrogen-bond acceptors (Lipinski definition) is 7. The number of aromatic nitrogens is 2. The Balaban J connectivity index is 1.49. The van der Waals surface area contributed by atoms with Gasteiger partial charge in [0, 0.05) is 15.8 Å². The zero-order chi connectivity index (χ0) is 19.9. The van der Waals surface area contributed by atoms with Crippen LogP contribution in [0.5, 0.6) is 11.5 Å². The van der Waals surface area contributed by atoms with Crippen LogP contribution in [-0.2, 0) is 10.5 Å². The van der Waals surface area contributed by atoms with Gasteiger partial charge in [-0.2, -0.15) is 0 Å².